The summed E-state index contributed by atoms with van der Waals surface area (Å²) in [6, 6.07) is 0. The topological polar surface area (TPSA) is 38.3 Å². The fourth-order valence-electron chi connectivity index (χ4n) is 2.34. The largest absolute Gasteiger partial charge is 0.465 e. The van der Waals surface area contributed by atoms with Crippen molar-refractivity contribution in [3.8, 4) is 0 Å². The summed E-state index contributed by atoms with van der Waals surface area (Å²) in [5, 5.41) is 3.19. The monoisotopic (exact) mass is 213 g/mol. The molecule has 0 radical (unpaired) electrons. The van der Waals surface area contributed by atoms with Crippen LogP contribution >= 0.6 is 0 Å². The Kier molecular flexibility index (Phi) is 4.58. The molecule has 1 aliphatic carbocycles. The van der Waals surface area contributed by atoms with Crippen LogP contribution in [0.25, 0.3) is 0 Å². The Morgan fingerprint density at radius 2 is 2.20 bits per heavy atom. The van der Waals surface area contributed by atoms with Gasteiger partial charge in [-0.3, -0.25) is 4.79 Å². The van der Waals surface area contributed by atoms with E-state index in [1.807, 2.05) is 14.0 Å². The van der Waals surface area contributed by atoms with E-state index in [-0.39, 0.29) is 5.97 Å². The predicted molar refractivity (Wildman–Crippen MR) is 60.7 cm³/mol. The summed E-state index contributed by atoms with van der Waals surface area (Å²) in [6.45, 7) is 4.59. The fourth-order valence-corrected chi connectivity index (χ4v) is 2.34. The third kappa shape index (κ3) is 2.94. The molecule has 0 aromatic carbocycles. The number of likely N-dealkylation sites (N-methyl/N-ethyl adjacent to an activating group) is 1. The van der Waals surface area contributed by atoms with Gasteiger partial charge in [-0.25, -0.2) is 0 Å². The lowest BCUT2D eigenvalue weighted by molar-refractivity contribution is -0.151. The summed E-state index contributed by atoms with van der Waals surface area (Å²) in [5.41, 5.74) is -0.416. The van der Waals surface area contributed by atoms with Gasteiger partial charge >= 0.3 is 5.97 Å². The van der Waals surface area contributed by atoms with E-state index in [1.165, 1.54) is 6.42 Å². The van der Waals surface area contributed by atoms with Crippen molar-refractivity contribution in [3.05, 3.63) is 0 Å². The normalized spacial score (nSPS) is 32.1. The van der Waals surface area contributed by atoms with Gasteiger partial charge in [-0.2, -0.15) is 0 Å². The van der Waals surface area contributed by atoms with Crippen molar-refractivity contribution < 1.29 is 9.53 Å². The van der Waals surface area contributed by atoms with Crippen molar-refractivity contribution in [3.63, 3.8) is 0 Å². The Morgan fingerprint density at radius 3 is 2.80 bits per heavy atom. The first-order valence-electron chi connectivity index (χ1n) is 6.00. The number of carbonyl (C=O) groups is 1. The van der Waals surface area contributed by atoms with Crippen LogP contribution in [-0.2, 0) is 9.53 Å². The van der Waals surface area contributed by atoms with E-state index in [9.17, 15) is 4.79 Å². The van der Waals surface area contributed by atoms with Crippen molar-refractivity contribution in [1.82, 2.24) is 5.32 Å². The lowest BCUT2D eigenvalue weighted by atomic mass is 9.90. The quantitative estimate of drug-likeness (QED) is 0.576. The third-order valence-electron chi connectivity index (χ3n) is 3.51. The molecule has 1 N–H and O–H groups in total. The molecule has 0 amide bonds. The van der Waals surface area contributed by atoms with Gasteiger partial charge in [0.2, 0.25) is 0 Å². The number of hydrogen-bond donors (Lipinski definition) is 1. The first kappa shape index (κ1) is 12.5. The molecule has 0 bridgehead atoms. The van der Waals surface area contributed by atoms with Gasteiger partial charge in [0.1, 0.15) is 5.54 Å². The lowest BCUT2D eigenvalue weighted by Gasteiger charge is -2.29. The van der Waals surface area contributed by atoms with Crippen molar-refractivity contribution in [2.45, 2.75) is 51.5 Å². The molecule has 3 nitrogen and oxygen atoms in total. The molecule has 15 heavy (non-hydrogen) atoms. The molecule has 0 spiro atoms. The summed E-state index contributed by atoms with van der Waals surface area (Å²) in [6.07, 6.45) is 5.26. The lowest BCUT2D eigenvalue weighted by Crippen LogP contribution is -2.51. The second kappa shape index (κ2) is 5.50. The molecule has 0 aliphatic heterocycles. The molecule has 0 aromatic rings. The zero-order chi connectivity index (χ0) is 11.3. The number of nitrogens with one attached hydrogen (secondary N) is 1. The zero-order valence-corrected chi connectivity index (χ0v) is 10.1. The summed E-state index contributed by atoms with van der Waals surface area (Å²) >= 11 is 0. The second-order valence-corrected chi connectivity index (χ2v) is 4.59. The van der Waals surface area contributed by atoms with Crippen molar-refractivity contribution in [1.29, 1.82) is 0 Å². The molecule has 1 fully saturated rings. The SMILES string of the molecule is CCOC(=O)C1(NC)CCCC(C)CC1. The standard InChI is InChI=1S/C12H23NO2/c1-4-15-11(14)12(13-3)8-5-6-10(2)7-9-12/h10,13H,4-9H2,1-3H3. The van der Waals surface area contributed by atoms with Gasteiger partial charge in [-0.05, 0) is 39.2 Å². The average Bonchev–Trinajstić information content (AvgIpc) is 2.41. The van der Waals surface area contributed by atoms with Crippen molar-refractivity contribution >= 4 is 5.97 Å². The Bertz CT molecular complexity index is 218. The van der Waals surface area contributed by atoms with Crippen LogP contribution in [0.4, 0.5) is 0 Å². The molecule has 1 aliphatic rings. The van der Waals surface area contributed by atoms with E-state index in [0.29, 0.717) is 6.61 Å². The van der Waals surface area contributed by atoms with Gasteiger partial charge in [-0.1, -0.05) is 19.8 Å². The first-order valence-corrected chi connectivity index (χ1v) is 6.00. The fraction of sp³-hybridized carbons (Fsp3) is 0.917. The molecule has 3 heteroatoms. The molecule has 88 valence electrons. The van der Waals surface area contributed by atoms with Crippen LogP contribution in [0.3, 0.4) is 0 Å². The van der Waals surface area contributed by atoms with Crippen molar-refractivity contribution in [2.75, 3.05) is 13.7 Å². The number of hydrogen-bond acceptors (Lipinski definition) is 3. The van der Waals surface area contributed by atoms with Crippen LogP contribution in [-0.4, -0.2) is 25.2 Å². The summed E-state index contributed by atoms with van der Waals surface area (Å²) in [4.78, 5) is 11.9. The molecule has 1 rings (SSSR count). The van der Waals surface area contributed by atoms with Crippen LogP contribution in [0, 0.1) is 5.92 Å². The molecular formula is C12H23NO2. The van der Waals surface area contributed by atoms with Crippen LogP contribution < -0.4 is 5.32 Å². The smallest absolute Gasteiger partial charge is 0.326 e. The number of ether oxygens (including phenoxy) is 1. The maximum absolute atomic E-state index is 11.9. The van der Waals surface area contributed by atoms with E-state index in [1.54, 1.807) is 0 Å². The zero-order valence-electron chi connectivity index (χ0n) is 10.1. The van der Waals surface area contributed by atoms with E-state index < -0.39 is 5.54 Å². The van der Waals surface area contributed by atoms with E-state index in [2.05, 4.69) is 12.2 Å². The minimum absolute atomic E-state index is 0.0680. The third-order valence-corrected chi connectivity index (χ3v) is 3.51. The number of esters is 1. The van der Waals surface area contributed by atoms with Crippen LogP contribution in [0.5, 0.6) is 0 Å². The molecule has 1 saturated carbocycles. The summed E-state index contributed by atoms with van der Waals surface area (Å²) in [7, 11) is 1.87. The molecule has 0 saturated heterocycles. The Labute approximate surface area is 92.6 Å². The van der Waals surface area contributed by atoms with Gasteiger partial charge < -0.3 is 10.1 Å². The molecule has 0 aromatic heterocycles. The van der Waals surface area contributed by atoms with Crippen LogP contribution in [0.1, 0.15) is 46.0 Å². The van der Waals surface area contributed by atoms with Gasteiger partial charge in [0.25, 0.3) is 0 Å². The van der Waals surface area contributed by atoms with E-state index in [0.717, 1.165) is 31.6 Å². The predicted octanol–water partition coefficient (Wildman–Crippen LogP) is 2.11. The van der Waals surface area contributed by atoms with E-state index in [4.69, 9.17) is 4.74 Å². The highest BCUT2D eigenvalue weighted by atomic mass is 16.5. The second-order valence-electron chi connectivity index (χ2n) is 4.59. The minimum atomic E-state index is -0.416. The van der Waals surface area contributed by atoms with Gasteiger partial charge in [0, 0.05) is 0 Å². The molecular weight excluding hydrogens is 190 g/mol. The van der Waals surface area contributed by atoms with Gasteiger partial charge in [0.15, 0.2) is 0 Å². The Balaban J connectivity index is 2.69. The van der Waals surface area contributed by atoms with Crippen molar-refractivity contribution in [2.24, 2.45) is 5.92 Å². The Morgan fingerprint density at radius 1 is 1.47 bits per heavy atom. The van der Waals surface area contributed by atoms with Crippen LogP contribution in [0.2, 0.25) is 0 Å². The summed E-state index contributed by atoms with van der Waals surface area (Å²) < 4.78 is 5.16. The van der Waals surface area contributed by atoms with Gasteiger partial charge in [-0.15, -0.1) is 0 Å². The van der Waals surface area contributed by atoms with Gasteiger partial charge in [0.05, 0.1) is 6.61 Å². The highest BCUT2D eigenvalue weighted by Gasteiger charge is 2.39. The molecule has 2 atom stereocenters. The Hall–Kier alpha value is -0.570. The number of carbonyl (C=O) groups excluding carboxylic acids is 1. The first-order chi connectivity index (χ1) is 7.14. The molecule has 0 heterocycles. The maximum atomic E-state index is 11.9. The summed E-state index contributed by atoms with van der Waals surface area (Å²) in [5.74, 6) is 0.663. The highest BCUT2D eigenvalue weighted by molar-refractivity contribution is 5.80. The number of rotatable bonds is 3. The van der Waals surface area contributed by atoms with E-state index >= 15 is 0 Å². The average molecular weight is 213 g/mol. The minimum Gasteiger partial charge on any atom is -0.465 e. The van der Waals surface area contributed by atoms with Crippen LogP contribution in [0.15, 0.2) is 0 Å². The highest BCUT2D eigenvalue weighted by Crippen LogP contribution is 2.30. The molecule has 2 unspecified atom stereocenters. The maximum Gasteiger partial charge on any atom is 0.326 e.